The number of hydrazone groups is 1. The van der Waals surface area contributed by atoms with E-state index < -0.39 is 11.7 Å². The molecule has 0 fully saturated rings. The van der Waals surface area contributed by atoms with Crippen LogP contribution in [-0.4, -0.2) is 25.0 Å². The molecule has 0 spiro atoms. The Labute approximate surface area is 164 Å². The maximum Gasteiger partial charge on any atom is 0.418 e. The Morgan fingerprint density at radius 1 is 1.25 bits per heavy atom. The molecule has 2 aromatic carbocycles. The van der Waals surface area contributed by atoms with Gasteiger partial charge >= 0.3 is 6.18 Å². The van der Waals surface area contributed by atoms with E-state index in [1.54, 1.807) is 18.2 Å². The van der Waals surface area contributed by atoms with Crippen LogP contribution in [0.3, 0.4) is 0 Å². The number of methoxy groups -OCH3 is 1. The number of para-hydroxylation sites is 1. The summed E-state index contributed by atoms with van der Waals surface area (Å²) in [5.41, 5.74) is 2.06. The van der Waals surface area contributed by atoms with Crippen molar-refractivity contribution < 1.29 is 22.6 Å². The van der Waals surface area contributed by atoms with E-state index in [0.29, 0.717) is 17.1 Å². The molecule has 0 saturated carbocycles. The van der Waals surface area contributed by atoms with E-state index in [4.69, 9.17) is 27.0 Å². The Hall–Kier alpha value is -3.32. The van der Waals surface area contributed by atoms with Crippen molar-refractivity contribution in [3.05, 3.63) is 53.6 Å². The van der Waals surface area contributed by atoms with Gasteiger partial charge in [0.15, 0.2) is 23.2 Å². The average Bonchev–Trinajstić information content (AvgIpc) is 2.66. The number of hydrogen-bond donors (Lipinski definition) is 2. The lowest BCUT2D eigenvalue weighted by Crippen LogP contribution is -2.25. The summed E-state index contributed by atoms with van der Waals surface area (Å²) < 4.78 is 49.3. The minimum absolute atomic E-state index is 0.103. The van der Waals surface area contributed by atoms with Gasteiger partial charge in [0, 0.05) is 0 Å². The lowest BCUT2D eigenvalue weighted by Gasteiger charge is -2.14. The Kier molecular flexibility index (Phi) is 7.17. The van der Waals surface area contributed by atoms with Crippen molar-refractivity contribution >= 4 is 29.2 Å². The fraction of sp³-hybridized carbons (Fsp3) is 0.167. The van der Waals surface area contributed by atoms with Crippen molar-refractivity contribution in [3.63, 3.8) is 0 Å². The number of nitriles is 1. The molecule has 0 aromatic heterocycles. The molecule has 0 aliphatic rings. The molecule has 10 heteroatoms. The van der Waals surface area contributed by atoms with Crippen molar-refractivity contribution in [1.82, 2.24) is 5.43 Å². The Bertz CT molecular complexity index is 910. The van der Waals surface area contributed by atoms with Crippen molar-refractivity contribution in [2.24, 2.45) is 5.10 Å². The Morgan fingerprint density at radius 3 is 2.68 bits per heavy atom. The van der Waals surface area contributed by atoms with Gasteiger partial charge in [-0.2, -0.15) is 23.5 Å². The summed E-state index contributed by atoms with van der Waals surface area (Å²) in [7, 11) is 1.45. The van der Waals surface area contributed by atoms with Crippen LogP contribution in [0.25, 0.3) is 0 Å². The van der Waals surface area contributed by atoms with Gasteiger partial charge in [0.1, 0.15) is 6.07 Å². The minimum Gasteiger partial charge on any atom is -0.493 e. The van der Waals surface area contributed by atoms with Crippen molar-refractivity contribution in [2.75, 3.05) is 19.0 Å². The van der Waals surface area contributed by atoms with Gasteiger partial charge in [0.2, 0.25) is 0 Å². The summed E-state index contributed by atoms with van der Waals surface area (Å²) in [5, 5.41) is 14.8. The highest BCUT2D eigenvalue weighted by Crippen LogP contribution is 2.34. The van der Waals surface area contributed by atoms with Crippen LogP contribution < -0.4 is 20.2 Å². The largest absolute Gasteiger partial charge is 0.493 e. The van der Waals surface area contributed by atoms with Crippen LogP contribution in [0.5, 0.6) is 11.5 Å². The summed E-state index contributed by atoms with van der Waals surface area (Å²) in [6.45, 7) is -0.120. The topological polar surface area (TPSA) is 78.7 Å². The maximum atomic E-state index is 13.0. The number of alkyl halides is 3. The number of nitrogens with zero attached hydrogens (tertiary/aromatic N) is 2. The molecule has 2 rings (SSSR count). The van der Waals surface area contributed by atoms with Crippen LogP contribution >= 0.6 is 12.2 Å². The molecule has 28 heavy (non-hydrogen) atoms. The maximum absolute atomic E-state index is 13.0. The molecule has 2 N–H and O–H groups in total. The number of halogens is 3. The van der Waals surface area contributed by atoms with Gasteiger partial charge in [-0.15, -0.1) is 0 Å². The number of nitrogens with one attached hydrogen (secondary N) is 2. The lowest BCUT2D eigenvalue weighted by molar-refractivity contribution is -0.136. The lowest BCUT2D eigenvalue weighted by atomic mass is 10.2. The number of rotatable bonds is 6. The predicted molar refractivity (Wildman–Crippen MR) is 102 cm³/mol. The fourth-order valence-electron chi connectivity index (χ4n) is 2.15. The molecule has 0 bridgehead atoms. The first kappa shape index (κ1) is 21.0. The number of hydrogen-bond acceptors (Lipinski definition) is 5. The highest BCUT2D eigenvalue weighted by Gasteiger charge is 2.33. The first-order chi connectivity index (χ1) is 13.3. The Balaban J connectivity index is 2.02. The predicted octanol–water partition coefficient (Wildman–Crippen LogP) is 3.94. The van der Waals surface area contributed by atoms with Gasteiger partial charge in [0.25, 0.3) is 0 Å². The molecule has 0 saturated heterocycles. The second-order valence-corrected chi connectivity index (χ2v) is 5.63. The van der Waals surface area contributed by atoms with Crippen molar-refractivity contribution in [1.29, 1.82) is 5.26 Å². The molecule has 146 valence electrons. The van der Waals surface area contributed by atoms with E-state index in [1.165, 1.54) is 31.5 Å². The highest BCUT2D eigenvalue weighted by atomic mass is 32.1. The standard InChI is InChI=1S/C18H15F3N4O2S/c1-26-16-10-12(6-7-15(16)27-9-8-22)11-23-25-17(28)24-14-5-3-2-4-13(14)18(19,20)21/h2-7,10-11H,9H2,1H3,(H2,24,25,28)/b23-11-. The molecule has 0 heterocycles. The molecule has 6 nitrogen and oxygen atoms in total. The smallest absolute Gasteiger partial charge is 0.418 e. The molecule has 0 radical (unpaired) electrons. The molecule has 0 atom stereocenters. The summed E-state index contributed by atoms with van der Waals surface area (Å²) >= 11 is 4.97. The zero-order chi connectivity index (χ0) is 20.6. The van der Waals surface area contributed by atoms with Gasteiger partial charge in [-0.25, -0.2) is 0 Å². The molecule has 2 aromatic rings. The molecule has 0 unspecified atom stereocenters. The second-order valence-electron chi connectivity index (χ2n) is 5.22. The normalized spacial score (nSPS) is 11.0. The van der Waals surface area contributed by atoms with Crippen molar-refractivity contribution in [3.8, 4) is 17.6 Å². The third kappa shape index (κ3) is 5.85. The molecular formula is C18H15F3N4O2S. The summed E-state index contributed by atoms with van der Waals surface area (Å²) in [6, 6.07) is 11.7. The molecule has 0 amide bonds. The van der Waals surface area contributed by atoms with Gasteiger partial charge in [-0.3, -0.25) is 5.43 Å². The SMILES string of the molecule is COc1cc(/C=N\NC(=S)Nc2ccccc2C(F)(F)F)ccc1OCC#N. The molecule has 0 aliphatic heterocycles. The number of benzene rings is 2. The van der Waals surface area contributed by atoms with Crippen LogP contribution in [0.2, 0.25) is 0 Å². The second kappa shape index (κ2) is 9.57. The molecular weight excluding hydrogens is 393 g/mol. The van der Waals surface area contributed by atoms with Crippen LogP contribution in [0.1, 0.15) is 11.1 Å². The monoisotopic (exact) mass is 408 g/mol. The summed E-state index contributed by atoms with van der Waals surface area (Å²) in [6.07, 6.45) is -3.10. The van der Waals surface area contributed by atoms with Crippen LogP contribution in [0.4, 0.5) is 18.9 Å². The van der Waals surface area contributed by atoms with E-state index in [0.717, 1.165) is 6.07 Å². The van der Waals surface area contributed by atoms with Gasteiger partial charge in [-0.05, 0) is 48.1 Å². The summed E-state index contributed by atoms with van der Waals surface area (Å²) in [4.78, 5) is 0. The summed E-state index contributed by atoms with van der Waals surface area (Å²) in [5.74, 6) is 0.800. The number of thiocarbonyl (C=S) groups is 1. The van der Waals surface area contributed by atoms with E-state index in [2.05, 4.69) is 15.8 Å². The fourth-order valence-corrected chi connectivity index (χ4v) is 2.31. The van der Waals surface area contributed by atoms with E-state index in [9.17, 15) is 13.2 Å². The van der Waals surface area contributed by atoms with E-state index in [1.807, 2.05) is 6.07 Å². The van der Waals surface area contributed by atoms with Crippen LogP contribution in [0, 0.1) is 11.3 Å². The number of ether oxygens (including phenoxy) is 2. The third-order valence-corrected chi connectivity index (χ3v) is 3.53. The van der Waals surface area contributed by atoms with E-state index in [-0.39, 0.29) is 17.4 Å². The highest BCUT2D eigenvalue weighted by molar-refractivity contribution is 7.80. The van der Waals surface area contributed by atoms with Crippen molar-refractivity contribution in [2.45, 2.75) is 6.18 Å². The Morgan fingerprint density at radius 2 is 2.00 bits per heavy atom. The van der Waals surface area contributed by atoms with Gasteiger partial charge in [-0.1, -0.05) is 12.1 Å². The van der Waals surface area contributed by atoms with Crippen LogP contribution in [-0.2, 0) is 6.18 Å². The molecule has 0 aliphatic carbocycles. The van der Waals surface area contributed by atoms with Crippen LogP contribution in [0.15, 0.2) is 47.6 Å². The minimum atomic E-state index is -4.51. The van der Waals surface area contributed by atoms with Gasteiger partial charge in [0.05, 0.1) is 24.6 Å². The quantitative estimate of drug-likeness (QED) is 0.428. The zero-order valence-electron chi connectivity index (χ0n) is 14.6. The number of anilines is 1. The van der Waals surface area contributed by atoms with Gasteiger partial charge < -0.3 is 14.8 Å². The third-order valence-electron chi connectivity index (χ3n) is 3.34. The first-order valence-electron chi connectivity index (χ1n) is 7.79. The average molecular weight is 408 g/mol. The first-order valence-corrected chi connectivity index (χ1v) is 8.20. The van der Waals surface area contributed by atoms with E-state index >= 15 is 0 Å². The zero-order valence-corrected chi connectivity index (χ0v) is 15.4.